The third kappa shape index (κ3) is 16.4. The summed E-state index contributed by atoms with van der Waals surface area (Å²) in [5.74, 6) is 1.04. The summed E-state index contributed by atoms with van der Waals surface area (Å²) in [7, 11) is 0. The second-order valence-corrected chi connectivity index (χ2v) is 17.7. The molecule has 2 atom stereocenters. The molecule has 68 heavy (non-hydrogen) atoms. The van der Waals surface area contributed by atoms with Crippen LogP contribution in [-0.4, -0.2) is 45.7 Å². The number of aromatic nitrogens is 1. The standard InChI is InChI=1S/C51H52Cl2FN3O2.C3H6O.C2H6.CH2O2/c1-5-7-41(39-15-17-46(18-16-39)59-32-38-12-19-48(52)49(53)26-38)27-42-28-44-31-57(30-37-8-6-9-45(54)25-37)50(29-43(44)24-33(42)2)51(58)56-22-20-36-10-13-40(14-11-36)47-21-23-55-35(4)34(47)3;1-3(2)4;1-2;2-1-3/h6,8-19,21,23-26,28,41,50H,5,7,20,22,27,29-32H2,1-4H3,(H,56,58);1-2H3;1-2H3;1H,(H,2,3). The maximum atomic E-state index is 14.4. The van der Waals surface area contributed by atoms with Gasteiger partial charge in [-0.3, -0.25) is 19.5 Å². The molecule has 6 aromatic rings. The van der Waals surface area contributed by atoms with Crippen molar-refractivity contribution in [1.82, 2.24) is 15.2 Å². The van der Waals surface area contributed by atoms with Gasteiger partial charge in [0.05, 0.1) is 16.1 Å². The molecule has 7 rings (SSSR count). The smallest absolute Gasteiger partial charge is 0.290 e. The Balaban J connectivity index is 0.00000104. The number of benzene rings is 5. The number of Topliss-reactive ketones (excluding diaryl/α,β-unsaturated/α-hetero) is 1. The third-order valence-corrected chi connectivity index (χ3v) is 12.5. The molecule has 1 amide bonds. The lowest BCUT2D eigenvalue weighted by Gasteiger charge is -2.37. The molecule has 1 aliphatic rings. The molecule has 5 aromatic carbocycles. The van der Waals surface area contributed by atoms with Gasteiger partial charge in [0.15, 0.2) is 0 Å². The number of ether oxygens (including phenoxy) is 1. The highest BCUT2D eigenvalue weighted by Crippen LogP contribution is 2.33. The van der Waals surface area contributed by atoms with Gasteiger partial charge in [0.2, 0.25) is 5.91 Å². The number of carbonyl (C=O) groups is 3. The molecule has 0 radical (unpaired) electrons. The van der Waals surface area contributed by atoms with Crippen molar-refractivity contribution in [1.29, 1.82) is 0 Å². The first-order chi connectivity index (χ1) is 32.7. The number of carbonyl (C=O) groups excluding carboxylic acids is 2. The number of rotatable bonds is 15. The van der Waals surface area contributed by atoms with E-state index >= 15 is 0 Å². The molecular formula is C57H66Cl2FN3O5. The van der Waals surface area contributed by atoms with Gasteiger partial charge in [0.1, 0.15) is 24.0 Å². The molecule has 11 heteroatoms. The molecule has 0 fully saturated rings. The van der Waals surface area contributed by atoms with Gasteiger partial charge in [-0.05, 0) is 170 Å². The zero-order valence-electron chi connectivity index (χ0n) is 40.7. The Bertz CT molecular complexity index is 2560. The molecular weight excluding hydrogens is 897 g/mol. The quantitative estimate of drug-likeness (QED) is 0.0987. The Labute approximate surface area is 412 Å². The highest BCUT2D eigenvalue weighted by Gasteiger charge is 2.32. The van der Waals surface area contributed by atoms with Gasteiger partial charge < -0.3 is 20.0 Å². The number of ketones is 1. The molecule has 1 aliphatic heterocycles. The van der Waals surface area contributed by atoms with Crippen LogP contribution in [0, 0.1) is 26.6 Å². The summed E-state index contributed by atoms with van der Waals surface area (Å²) in [4.78, 5) is 38.4. The highest BCUT2D eigenvalue weighted by molar-refractivity contribution is 6.42. The minimum absolute atomic E-state index is 0.000637. The lowest BCUT2D eigenvalue weighted by Crippen LogP contribution is -2.50. The SMILES string of the molecule is CC.CC(C)=O.CCCC(Cc1cc2c(cc1C)CC(C(=O)NCCc1ccc(-c3ccnc(C)c3C)cc1)N(Cc1cccc(F)c1)C2)c1ccc(OCc2ccc(Cl)c(Cl)c2)cc1.O=CO. The van der Waals surface area contributed by atoms with Crippen molar-refractivity contribution < 1.29 is 28.6 Å². The van der Waals surface area contributed by atoms with Gasteiger partial charge in [0.25, 0.3) is 6.47 Å². The maximum absolute atomic E-state index is 14.4. The third-order valence-electron chi connectivity index (χ3n) is 11.7. The van der Waals surface area contributed by atoms with Crippen LogP contribution in [0.1, 0.15) is 109 Å². The van der Waals surface area contributed by atoms with Crippen LogP contribution in [0.25, 0.3) is 11.1 Å². The van der Waals surface area contributed by atoms with Crippen molar-refractivity contribution in [2.75, 3.05) is 6.54 Å². The van der Waals surface area contributed by atoms with Crippen molar-refractivity contribution in [3.63, 3.8) is 0 Å². The summed E-state index contributed by atoms with van der Waals surface area (Å²) < 4.78 is 20.4. The number of halogens is 3. The maximum Gasteiger partial charge on any atom is 0.290 e. The van der Waals surface area contributed by atoms with Gasteiger partial charge in [-0.1, -0.05) is 117 Å². The molecule has 8 nitrogen and oxygen atoms in total. The lowest BCUT2D eigenvalue weighted by atomic mass is 9.84. The Morgan fingerprint density at radius 3 is 2.21 bits per heavy atom. The summed E-state index contributed by atoms with van der Waals surface area (Å²) in [6.45, 7) is 17.4. The normalized spacial score (nSPS) is 13.2. The fraction of sp³-hybridized carbons (Fsp3) is 0.333. The molecule has 2 N–H and O–H groups in total. The van der Waals surface area contributed by atoms with E-state index in [0.29, 0.717) is 48.6 Å². The lowest BCUT2D eigenvalue weighted by molar-refractivity contribution is -0.127. The van der Waals surface area contributed by atoms with Crippen molar-refractivity contribution in [2.24, 2.45) is 0 Å². The van der Waals surface area contributed by atoms with E-state index in [1.165, 1.54) is 58.9 Å². The summed E-state index contributed by atoms with van der Waals surface area (Å²) in [6, 6.07) is 35.6. The average molecular weight is 963 g/mol. The van der Waals surface area contributed by atoms with E-state index < -0.39 is 0 Å². The zero-order chi connectivity index (χ0) is 49.8. The Kier molecular flexibility index (Phi) is 22.4. The van der Waals surface area contributed by atoms with E-state index in [9.17, 15) is 14.0 Å². The summed E-state index contributed by atoms with van der Waals surface area (Å²) in [6.07, 6.45) is 6.21. The van der Waals surface area contributed by atoms with E-state index in [1.807, 2.05) is 57.3 Å². The second-order valence-electron chi connectivity index (χ2n) is 16.9. The van der Waals surface area contributed by atoms with E-state index in [2.05, 4.69) is 90.6 Å². The van der Waals surface area contributed by atoms with Crippen molar-refractivity contribution >= 4 is 41.4 Å². The van der Waals surface area contributed by atoms with Crippen LogP contribution in [0.5, 0.6) is 5.75 Å². The summed E-state index contributed by atoms with van der Waals surface area (Å²) in [5, 5.41) is 11.2. The van der Waals surface area contributed by atoms with Gasteiger partial charge >= 0.3 is 0 Å². The first-order valence-corrected chi connectivity index (χ1v) is 24.1. The minimum Gasteiger partial charge on any atom is -0.489 e. The van der Waals surface area contributed by atoms with Crippen molar-refractivity contribution in [3.8, 4) is 16.9 Å². The molecule has 0 spiro atoms. The summed E-state index contributed by atoms with van der Waals surface area (Å²) in [5.41, 5.74) is 13.8. The first kappa shape index (κ1) is 54.7. The van der Waals surface area contributed by atoms with Crippen LogP contribution < -0.4 is 10.1 Å². The number of amides is 1. The average Bonchev–Trinajstić information content (AvgIpc) is 3.31. The fourth-order valence-corrected chi connectivity index (χ4v) is 8.59. The number of hydrogen-bond donors (Lipinski definition) is 2. The number of carboxylic acid groups (broad SMARTS) is 1. The molecule has 1 aromatic heterocycles. The van der Waals surface area contributed by atoms with Crippen LogP contribution in [0.3, 0.4) is 0 Å². The van der Waals surface area contributed by atoms with E-state index in [-0.39, 0.29) is 30.0 Å². The number of pyridine rings is 1. The molecule has 0 saturated heterocycles. The zero-order valence-corrected chi connectivity index (χ0v) is 42.2. The van der Waals surface area contributed by atoms with Crippen LogP contribution in [-0.2, 0) is 53.3 Å². The fourth-order valence-electron chi connectivity index (χ4n) is 8.27. The number of hydrogen-bond acceptors (Lipinski definition) is 6. The molecule has 0 saturated carbocycles. The van der Waals surface area contributed by atoms with Crippen LogP contribution in [0.4, 0.5) is 4.39 Å². The number of nitrogens with one attached hydrogen (secondary N) is 1. The molecule has 2 heterocycles. The second kappa shape index (κ2) is 27.8. The van der Waals surface area contributed by atoms with Crippen LogP contribution >= 0.6 is 23.2 Å². The Morgan fingerprint density at radius 1 is 0.882 bits per heavy atom. The number of nitrogens with zero attached hydrogens (tertiary/aromatic N) is 2. The summed E-state index contributed by atoms with van der Waals surface area (Å²) >= 11 is 12.3. The van der Waals surface area contributed by atoms with Crippen LogP contribution in [0.15, 0.2) is 115 Å². The van der Waals surface area contributed by atoms with E-state index in [1.54, 1.807) is 18.2 Å². The molecule has 0 bridgehead atoms. The first-order valence-electron chi connectivity index (χ1n) is 23.3. The van der Waals surface area contributed by atoms with Gasteiger partial charge in [-0.15, -0.1) is 0 Å². The molecule has 2 unspecified atom stereocenters. The number of fused-ring (bicyclic) bond motifs is 1. The van der Waals surface area contributed by atoms with E-state index in [4.69, 9.17) is 37.8 Å². The molecule has 360 valence electrons. The van der Waals surface area contributed by atoms with Crippen LogP contribution in [0.2, 0.25) is 10.0 Å². The van der Waals surface area contributed by atoms with Crippen molar-refractivity contribution in [2.45, 2.75) is 119 Å². The Hall–Kier alpha value is -5.87. The number of aryl methyl sites for hydroxylation is 2. The predicted octanol–water partition coefficient (Wildman–Crippen LogP) is 13.4. The van der Waals surface area contributed by atoms with E-state index in [0.717, 1.165) is 59.4 Å². The predicted molar refractivity (Wildman–Crippen MR) is 275 cm³/mol. The largest absolute Gasteiger partial charge is 0.489 e. The van der Waals surface area contributed by atoms with Gasteiger partial charge in [-0.25, -0.2) is 4.39 Å². The Morgan fingerprint density at radius 2 is 1.56 bits per heavy atom. The van der Waals surface area contributed by atoms with Gasteiger partial charge in [0, 0.05) is 31.5 Å². The van der Waals surface area contributed by atoms with Crippen molar-refractivity contribution in [3.05, 3.63) is 187 Å². The highest BCUT2D eigenvalue weighted by atomic mass is 35.5. The molecule has 0 aliphatic carbocycles. The monoisotopic (exact) mass is 961 g/mol. The minimum atomic E-state index is -0.374. The topological polar surface area (TPSA) is 109 Å². The van der Waals surface area contributed by atoms with Gasteiger partial charge in [-0.2, -0.15) is 0 Å².